The summed E-state index contributed by atoms with van der Waals surface area (Å²) in [6.07, 6.45) is 5.77. The summed E-state index contributed by atoms with van der Waals surface area (Å²) in [5.74, 6) is 1.63. The maximum Gasteiger partial charge on any atom is 0.253 e. The van der Waals surface area contributed by atoms with Crippen LogP contribution >= 0.6 is 0 Å². The van der Waals surface area contributed by atoms with E-state index in [4.69, 9.17) is 4.74 Å². The summed E-state index contributed by atoms with van der Waals surface area (Å²) in [4.78, 5) is 21.6. The first-order valence-electron chi connectivity index (χ1n) is 14.1. The highest BCUT2D eigenvalue weighted by Crippen LogP contribution is 2.34. The van der Waals surface area contributed by atoms with Crippen molar-refractivity contribution in [2.75, 3.05) is 38.2 Å². The molecule has 2 fully saturated rings. The van der Waals surface area contributed by atoms with Crippen LogP contribution in [0.15, 0.2) is 47.3 Å². The molecule has 0 unspecified atom stereocenters. The SMILES string of the molecule is COc1ccc(N2CCN([C@@H](c3cc4c(C)cc(C)cc4[nH]c3=O)c3nnnn3C3CCCCC3)CC2)cc1. The van der Waals surface area contributed by atoms with Gasteiger partial charge < -0.3 is 14.6 Å². The summed E-state index contributed by atoms with van der Waals surface area (Å²) < 4.78 is 7.35. The summed E-state index contributed by atoms with van der Waals surface area (Å²) >= 11 is 0. The van der Waals surface area contributed by atoms with Crippen molar-refractivity contribution in [3.05, 3.63) is 75.3 Å². The molecule has 0 spiro atoms. The predicted octanol–water partition coefficient (Wildman–Crippen LogP) is 4.56. The van der Waals surface area contributed by atoms with Crippen molar-refractivity contribution >= 4 is 16.6 Å². The van der Waals surface area contributed by atoms with Gasteiger partial charge in [0.1, 0.15) is 11.8 Å². The van der Waals surface area contributed by atoms with Gasteiger partial charge >= 0.3 is 0 Å². The predicted molar refractivity (Wildman–Crippen MR) is 153 cm³/mol. The molecule has 39 heavy (non-hydrogen) atoms. The molecule has 0 radical (unpaired) electrons. The molecule has 2 aromatic heterocycles. The molecule has 9 nitrogen and oxygen atoms in total. The van der Waals surface area contributed by atoms with E-state index in [1.165, 1.54) is 24.9 Å². The maximum atomic E-state index is 13.7. The lowest BCUT2D eigenvalue weighted by Gasteiger charge is -2.40. The topological polar surface area (TPSA) is 92.2 Å². The summed E-state index contributed by atoms with van der Waals surface area (Å²) in [5.41, 5.74) is 4.96. The molecule has 1 saturated carbocycles. The number of tetrazole rings is 1. The molecule has 2 aromatic carbocycles. The van der Waals surface area contributed by atoms with Crippen LogP contribution in [0.5, 0.6) is 5.75 Å². The van der Waals surface area contributed by atoms with Crippen LogP contribution < -0.4 is 15.2 Å². The zero-order valence-corrected chi connectivity index (χ0v) is 23.1. The number of aromatic nitrogens is 5. The van der Waals surface area contributed by atoms with Gasteiger partial charge in [-0.3, -0.25) is 9.69 Å². The first kappa shape index (κ1) is 25.6. The van der Waals surface area contributed by atoms with Crippen LogP contribution in [0.3, 0.4) is 0 Å². The lowest BCUT2D eigenvalue weighted by molar-refractivity contribution is 0.192. The highest BCUT2D eigenvalue weighted by Gasteiger charge is 2.34. The van der Waals surface area contributed by atoms with E-state index in [0.29, 0.717) is 5.56 Å². The number of rotatable bonds is 6. The Balaban J connectivity index is 1.38. The molecule has 1 atom stereocenters. The van der Waals surface area contributed by atoms with Crippen molar-refractivity contribution in [1.82, 2.24) is 30.1 Å². The van der Waals surface area contributed by atoms with E-state index >= 15 is 0 Å². The summed E-state index contributed by atoms with van der Waals surface area (Å²) in [5, 5.41) is 14.3. The number of benzene rings is 2. The Kier molecular flexibility index (Phi) is 7.08. The van der Waals surface area contributed by atoms with Gasteiger partial charge in [0.15, 0.2) is 5.82 Å². The average Bonchev–Trinajstić information content (AvgIpc) is 3.44. The van der Waals surface area contributed by atoms with Crippen molar-refractivity contribution in [1.29, 1.82) is 0 Å². The summed E-state index contributed by atoms with van der Waals surface area (Å²) in [6, 6.07) is 14.4. The molecule has 2 aliphatic rings. The number of aryl methyl sites for hydroxylation is 2. The fourth-order valence-corrected chi connectivity index (χ4v) is 6.39. The third-order valence-electron chi connectivity index (χ3n) is 8.44. The van der Waals surface area contributed by atoms with Crippen LogP contribution in [-0.4, -0.2) is 63.4 Å². The number of hydrogen-bond acceptors (Lipinski definition) is 7. The van der Waals surface area contributed by atoms with Gasteiger partial charge in [0.2, 0.25) is 0 Å². The second-order valence-electron chi connectivity index (χ2n) is 11.0. The van der Waals surface area contributed by atoms with Gasteiger partial charge in [-0.05, 0) is 84.6 Å². The molecule has 4 aromatic rings. The fraction of sp³-hybridized carbons (Fsp3) is 0.467. The molecule has 0 bridgehead atoms. The molecule has 0 amide bonds. The summed E-state index contributed by atoms with van der Waals surface area (Å²) in [6.45, 7) is 7.43. The highest BCUT2D eigenvalue weighted by atomic mass is 16.5. The number of methoxy groups -OCH3 is 1. The van der Waals surface area contributed by atoms with Gasteiger partial charge in [-0.15, -0.1) is 5.10 Å². The van der Waals surface area contributed by atoms with Gasteiger partial charge in [0, 0.05) is 48.3 Å². The van der Waals surface area contributed by atoms with E-state index in [-0.39, 0.29) is 17.6 Å². The quantitative estimate of drug-likeness (QED) is 0.393. The summed E-state index contributed by atoms with van der Waals surface area (Å²) in [7, 11) is 1.69. The van der Waals surface area contributed by atoms with Crippen LogP contribution in [-0.2, 0) is 0 Å². The van der Waals surface area contributed by atoms with Gasteiger partial charge in [-0.2, -0.15) is 0 Å². The van der Waals surface area contributed by atoms with Gasteiger partial charge in [-0.1, -0.05) is 25.3 Å². The third-order valence-corrected chi connectivity index (χ3v) is 8.44. The van der Waals surface area contributed by atoms with Crippen molar-refractivity contribution in [3.63, 3.8) is 0 Å². The van der Waals surface area contributed by atoms with E-state index < -0.39 is 0 Å². The monoisotopic (exact) mass is 527 g/mol. The van der Waals surface area contributed by atoms with Gasteiger partial charge in [-0.25, -0.2) is 4.68 Å². The Bertz CT molecular complexity index is 1500. The number of nitrogens with one attached hydrogen (secondary N) is 1. The Morgan fingerprint density at radius 2 is 1.72 bits per heavy atom. The lowest BCUT2D eigenvalue weighted by Crippen LogP contribution is -2.49. The first-order chi connectivity index (χ1) is 19.0. The smallest absolute Gasteiger partial charge is 0.253 e. The first-order valence-corrected chi connectivity index (χ1v) is 14.1. The van der Waals surface area contributed by atoms with Crippen LogP contribution in [0, 0.1) is 13.8 Å². The number of H-pyrrole nitrogens is 1. The van der Waals surface area contributed by atoms with Crippen molar-refractivity contribution < 1.29 is 4.74 Å². The number of pyridine rings is 1. The molecule has 3 heterocycles. The second kappa shape index (κ2) is 10.8. The molecular weight excluding hydrogens is 490 g/mol. The standard InChI is InChI=1S/C30H37N7O2/c1-20-17-21(2)25-19-26(30(38)31-27(25)18-20)28(29-32-33-34-37(29)23-7-5-4-6-8-23)36-15-13-35(14-16-36)22-9-11-24(39-3)12-10-22/h9-12,17-19,23,28H,4-8,13-16H2,1-3H3,(H,31,38)/t28-/m0/s1. The van der Waals surface area contributed by atoms with Gasteiger partial charge in [0.25, 0.3) is 5.56 Å². The minimum atomic E-state index is -0.325. The Morgan fingerprint density at radius 3 is 2.44 bits per heavy atom. The van der Waals surface area contributed by atoms with Crippen LogP contribution in [0.2, 0.25) is 0 Å². The molecule has 1 aliphatic carbocycles. The van der Waals surface area contributed by atoms with E-state index in [1.807, 2.05) is 22.9 Å². The second-order valence-corrected chi connectivity index (χ2v) is 11.0. The van der Waals surface area contributed by atoms with E-state index in [1.54, 1.807) is 7.11 Å². The fourth-order valence-electron chi connectivity index (χ4n) is 6.39. The average molecular weight is 528 g/mol. The molecule has 9 heteroatoms. The Hall–Kier alpha value is -3.72. The van der Waals surface area contributed by atoms with Crippen LogP contribution in [0.1, 0.15) is 66.7 Å². The maximum absolute atomic E-state index is 13.7. The molecular formula is C30H37N7O2. The van der Waals surface area contributed by atoms with E-state index in [2.05, 4.69) is 68.4 Å². The zero-order valence-electron chi connectivity index (χ0n) is 23.1. The molecule has 6 rings (SSSR count). The number of hydrogen-bond donors (Lipinski definition) is 1. The molecule has 1 saturated heterocycles. The lowest BCUT2D eigenvalue weighted by atomic mass is 9.94. The molecule has 1 N–H and O–H groups in total. The van der Waals surface area contributed by atoms with Crippen LogP contribution in [0.4, 0.5) is 5.69 Å². The normalized spacial score (nSPS) is 18.0. The third kappa shape index (κ3) is 5.03. The van der Waals surface area contributed by atoms with Crippen molar-refractivity contribution in [3.8, 4) is 5.75 Å². The van der Waals surface area contributed by atoms with E-state index in [0.717, 1.165) is 72.6 Å². The number of ether oxygens (including phenoxy) is 1. The zero-order chi connectivity index (χ0) is 26.9. The van der Waals surface area contributed by atoms with Crippen molar-refractivity contribution in [2.24, 2.45) is 0 Å². The molecule has 204 valence electrons. The van der Waals surface area contributed by atoms with E-state index in [9.17, 15) is 4.79 Å². The van der Waals surface area contributed by atoms with Crippen molar-refractivity contribution in [2.45, 2.75) is 58.0 Å². The minimum absolute atomic E-state index is 0.0757. The number of fused-ring (bicyclic) bond motifs is 1. The Morgan fingerprint density at radius 1 is 0.974 bits per heavy atom. The minimum Gasteiger partial charge on any atom is -0.497 e. The number of nitrogens with zero attached hydrogens (tertiary/aromatic N) is 6. The van der Waals surface area contributed by atoms with Crippen LogP contribution in [0.25, 0.3) is 10.9 Å². The molecule has 1 aliphatic heterocycles. The Labute approximate surface area is 228 Å². The van der Waals surface area contributed by atoms with Gasteiger partial charge in [0.05, 0.1) is 13.2 Å². The number of piperazine rings is 1. The number of anilines is 1. The largest absolute Gasteiger partial charge is 0.497 e. The highest BCUT2D eigenvalue weighted by molar-refractivity contribution is 5.83. The number of aromatic amines is 1.